The monoisotopic (exact) mass is 441 g/mol. The summed E-state index contributed by atoms with van der Waals surface area (Å²) < 4.78 is 31.7. The van der Waals surface area contributed by atoms with Crippen LogP contribution in [0.1, 0.15) is 39.4 Å². The Kier molecular flexibility index (Phi) is 7.63. The predicted octanol–water partition coefficient (Wildman–Crippen LogP) is 4.41. The molecule has 0 bridgehead atoms. The van der Waals surface area contributed by atoms with Crippen LogP contribution in [0.3, 0.4) is 0 Å². The molecule has 0 fully saturated rings. The number of carbonyl (C=O) groups is 2. The van der Waals surface area contributed by atoms with Gasteiger partial charge in [-0.2, -0.15) is 0 Å². The number of methoxy groups -OCH3 is 1. The summed E-state index contributed by atoms with van der Waals surface area (Å²) in [5, 5.41) is 5.70. The standard InChI is InChI=1S/C19H21F2N3O3S2/c1-5-24(6-2)17(25)15-10(3)14(18(26)27-4)16(29-15)23-19(28)22-13-8-7-11(20)9-12(13)21/h7-9H,5-6H2,1-4H3,(H2,22,23,28). The zero-order valence-electron chi connectivity index (χ0n) is 16.4. The molecular formula is C19H21F2N3O3S2. The van der Waals surface area contributed by atoms with E-state index in [9.17, 15) is 18.4 Å². The Balaban J connectivity index is 2.35. The number of benzene rings is 1. The maximum atomic E-state index is 13.8. The van der Waals surface area contributed by atoms with Gasteiger partial charge in [-0.15, -0.1) is 11.3 Å². The fraction of sp³-hybridized carbons (Fsp3) is 0.316. The predicted molar refractivity (Wildman–Crippen MR) is 114 cm³/mol. The van der Waals surface area contributed by atoms with Crippen LogP contribution in [-0.4, -0.2) is 42.1 Å². The van der Waals surface area contributed by atoms with E-state index in [0.29, 0.717) is 28.5 Å². The average molecular weight is 442 g/mol. The molecule has 0 saturated carbocycles. The van der Waals surface area contributed by atoms with Crippen LogP contribution in [0.25, 0.3) is 0 Å². The van der Waals surface area contributed by atoms with Crippen molar-refractivity contribution in [1.82, 2.24) is 4.90 Å². The zero-order chi connectivity index (χ0) is 21.7. The Morgan fingerprint density at radius 1 is 1.21 bits per heavy atom. The molecule has 1 amide bonds. The number of rotatable bonds is 6. The van der Waals surface area contributed by atoms with Crippen LogP contribution in [0, 0.1) is 18.6 Å². The van der Waals surface area contributed by atoms with E-state index in [1.165, 1.54) is 13.2 Å². The van der Waals surface area contributed by atoms with Crippen molar-refractivity contribution in [3.63, 3.8) is 0 Å². The average Bonchev–Trinajstić information content (AvgIpc) is 3.00. The molecule has 1 aromatic heterocycles. The van der Waals surface area contributed by atoms with E-state index < -0.39 is 17.6 Å². The first-order valence-electron chi connectivity index (χ1n) is 8.77. The molecule has 0 unspecified atom stereocenters. The van der Waals surface area contributed by atoms with Crippen molar-refractivity contribution in [1.29, 1.82) is 0 Å². The van der Waals surface area contributed by atoms with Crippen LogP contribution in [-0.2, 0) is 4.74 Å². The summed E-state index contributed by atoms with van der Waals surface area (Å²) in [5.41, 5.74) is 0.616. The van der Waals surface area contributed by atoms with E-state index in [2.05, 4.69) is 10.6 Å². The van der Waals surface area contributed by atoms with E-state index in [1.807, 2.05) is 13.8 Å². The van der Waals surface area contributed by atoms with Crippen LogP contribution < -0.4 is 10.6 Å². The lowest BCUT2D eigenvalue weighted by molar-refractivity contribution is 0.0601. The minimum absolute atomic E-state index is 0.0243. The van der Waals surface area contributed by atoms with Crippen LogP contribution in [0.2, 0.25) is 0 Å². The van der Waals surface area contributed by atoms with Crippen molar-refractivity contribution in [2.24, 2.45) is 0 Å². The van der Waals surface area contributed by atoms with Gasteiger partial charge in [0, 0.05) is 19.2 Å². The highest BCUT2D eigenvalue weighted by Crippen LogP contribution is 2.34. The smallest absolute Gasteiger partial charge is 0.341 e. The molecule has 2 N–H and O–H groups in total. The Morgan fingerprint density at radius 2 is 1.86 bits per heavy atom. The normalized spacial score (nSPS) is 10.4. The lowest BCUT2D eigenvalue weighted by atomic mass is 10.1. The fourth-order valence-corrected chi connectivity index (χ4v) is 4.10. The molecule has 10 heteroatoms. The molecule has 0 saturated heterocycles. The molecular weight excluding hydrogens is 420 g/mol. The minimum Gasteiger partial charge on any atom is -0.465 e. The first-order chi connectivity index (χ1) is 13.7. The van der Waals surface area contributed by atoms with Crippen LogP contribution in [0.15, 0.2) is 18.2 Å². The molecule has 2 rings (SSSR count). The van der Waals surface area contributed by atoms with Crippen molar-refractivity contribution in [2.45, 2.75) is 20.8 Å². The number of thiophene rings is 1. The second-order valence-electron chi connectivity index (χ2n) is 5.93. The van der Waals surface area contributed by atoms with Gasteiger partial charge in [0.25, 0.3) is 5.91 Å². The van der Waals surface area contributed by atoms with Gasteiger partial charge in [-0.1, -0.05) is 0 Å². The summed E-state index contributed by atoms with van der Waals surface area (Å²) in [6, 6.07) is 3.01. The zero-order valence-corrected chi connectivity index (χ0v) is 18.0. The van der Waals surface area contributed by atoms with Crippen LogP contribution in [0.4, 0.5) is 19.5 Å². The minimum atomic E-state index is -0.817. The Morgan fingerprint density at radius 3 is 2.41 bits per heavy atom. The van der Waals surface area contributed by atoms with Crippen LogP contribution >= 0.6 is 23.6 Å². The summed E-state index contributed by atoms with van der Waals surface area (Å²) in [6.45, 7) is 6.42. The number of carbonyl (C=O) groups excluding carboxylic acids is 2. The maximum absolute atomic E-state index is 13.8. The Labute approximate surface area is 176 Å². The van der Waals surface area contributed by atoms with Gasteiger partial charge in [-0.3, -0.25) is 4.79 Å². The highest BCUT2D eigenvalue weighted by Gasteiger charge is 2.27. The molecule has 0 radical (unpaired) electrons. The molecule has 156 valence electrons. The van der Waals surface area contributed by atoms with Gasteiger partial charge in [0.2, 0.25) is 0 Å². The van der Waals surface area contributed by atoms with Gasteiger partial charge in [-0.25, -0.2) is 13.6 Å². The first kappa shape index (κ1) is 22.7. The fourth-order valence-electron chi connectivity index (χ4n) is 2.66. The third-order valence-electron chi connectivity index (χ3n) is 4.19. The lowest BCUT2D eigenvalue weighted by Crippen LogP contribution is -2.30. The molecule has 2 aromatic rings. The molecule has 29 heavy (non-hydrogen) atoms. The molecule has 0 spiro atoms. The molecule has 6 nitrogen and oxygen atoms in total. The van der Waals surface area contributed by atoms with Gasteiger partial charge >= 0.3 is 5.97 Å². The van der Waals surface area contributed by atoms with Crippen molar-refractivity contribution < 1.29 is 23.1 Å². The van der Waals surface area contributed by atoms with Crippen LogP contribution in [0.5, 0.6) is 0 Å². The Bertz CT molecular complexity index is 943. The quantitative estimate of drug-likeness (QED) is 0.511. The second-order valence-corrected chi connectivity index (χ2v) is 7.36. The van der Waals surface area contributed by atoms with Crippen molar-refractivity contribution >= 4 is 51.2 Å². The van der Waals surface area contributed by atoms with Gasteiger partial charge in [0.05, 0.1) is 23.2 Å². The van der Waals surface area contributed by atoms with Crippen molar-refractivity contribution in [2.75, 3.05) is 30.8 Å². The van der Waals surface area contributed by atoms with E-state index in [0.717, 1.165) is 23.5 Å². The van der Waals surface area contributed by atoms with E-state index in [4.69, 9.17) is 17.0 Å². The van der Waals surface area contributed by atoms with Gasteiger partial charge in [-0.05, 0) is 50.7 Å². The topological polar surface area (TPSA) is 70.7 Å². The molecule has 1 heterocycles. The number of hydrogen-bond acceptors (Lipinski definition) is 5. The number of nitrogens with one attached hydrogen (secondary N) is 2. The third kappa shape index (κ3) is 5.07. The number of anilines is 2. The van der Waals surface area contributed by atoms with E-state index in [1.54, 1.807) is 11.8 Å². The third-order valence-corrected chi connectivity index (χ3v) is 5.59. The highest BCUT2D eigenvalue weighted by molar-refractivity contribution is 7.80. The largest absolute Gasteiger partial charge is 0.465 e. The summed E-state index contributed by atoms with van der Waals surface area (Å²) in [6.07, 6.45) is 0. The van der Waals surface area contributed by atoms with Crippen molar-refractivity contribution in [3.05, 3.63) is 45.8 Å². The van der Waals surface area contributed by atoms with Gasteiger partial charge in [0.1, 0.15) is 16.6 Å². The number of halogens is 2. The maximum Gasteiger partial charge on any atom is 0.341 e. The second kappa shape index (κ2) is 9.75. The number of nitrogens with zero attached hydrogens (tertiary/aromatic N) is 1. The summed E-state index contributed by atoms with van der Waals surface area (Å²) in [5.74, 6) is -2.37. The van der Waals surface area contributed by atoms with Gasteiger partial charge < -0.3 is 20.3 Å². The lowest BCUT2D eigenvalue weighted by Gasteiger charge is -2.17. The molecule has 0 aliphatic carbocycles. The van der Waals surface area contributed by atoms with Crippen molar-refractivity contribution in [3.8, 4) is 0 Å². The number of esters is 1. The summed E-state index contributed by atoms with van der Waals surface area (Å²) in [4.78, 5) is 27.1. The van der Waals surface area contributed by atoms with E-state index >= 15 is 0 Å². The molecule has 0 aliphatic heterocycles. The first-order valence-corrected chi connectivity index (χ1v) is 9.99. The SMILES string of the molecule is CCN(CC)C(=O)c1sc(NC(=S)Nc2ccc(F)cc2F)c(C(=O)OC)c1C. The molecule has 1 aromatic carbocycles. The Hall–Kier alpha value is -2.59. The summed E-state index contributed by atoms with van der Waals surface area (Å²) in [7, 11) is 1.24. The molecule has 0 aliphatic rings. The number of amides is 1. The van der Waals surface area contributed by atoms with E-state index in [-0.39, 0.29) is 22.3 Å². The highest BCUT2D eigenvalue weighted by atomic mass is 32.1. The molecule has 0 atom stereocenters. The number of ether oxygens (including phenoxy) is 1. The van der Waals surface area contributed by atoms with Gasteiger partial charge in [0.15, 0.2) is 5.11 Å². The summed E-state index contributed by atoms with van der Waals surface area (Å²) >= 11 is 6.24. The number of thiocarbonyl (C=S) groups is 1. The number of hydrogen-bond donors (Lipinski definition) is 2.